The van der Waals surface area contributed by atoms with Gasteiger partial charge in [-0.25, -0.2) is 8.78 Å². The highest BCUT2D eigenvalue weighted by molar-refractivity contribution is 5.85. The maximum atomic E-state index is 12.7. The summed E-state index contributed by atoms with van der Waals surface area (Å²) in [6.07, 6.45) is 2.22. The van der Waals surface area contributed by atoms with Crippen LogP contribution < -0.4 is 5.73 Å². The second-order valence-electron chi connectivity index (χ2n) is 5.24. The third-order valence-electron chi connectivity index (χ3n) is 3.84. The molecule has 0 amide bonds. The Hall–Kier alpha value is -0.710. The van der Waals surface area contributed by atoms with E-state index < -0.39 is 6.43 Å². The van der Waals surface area contributed by atoms with E-state index in [2.05, 4.69) is 4.90 Å². The number of nitrogens with zero attached hydrogens (tertiary/aromatic N) is 1. The minimum atomic E-state index is -2.39. The van der Waals surface area contributed by atoms with Gasteiger partial charge in [0.1, 0.15) is 0 Å². The molecule has 1 heterocycles. The molecule has 1 aliphatic rings. The number of piperidine rings is 1. The van der Waals surface area contributed by atoms with Crippen molar-refractivity contribution < 1.29 is 8.78 Å². The maximum absolute atomic E-state index is 12.7. The summed E-state index contributed by atoms with van der Waals surface area (Å²) in [6.45, 7) is 2.49. The van der Waals surface area contributed by atoms with Crippen LogP contribution in [0.3, 0.4) is 0 Å². The maximum Gasteiger partial charge on any atom is 0.263 e. The summed E-state index contributed by atoms with van der Waals surface area (Å²) in [7, 11) is 0. The van der Waals surface area contributed by atoms with Crippen molar-refractivity contribution in [1.82, 2.24) is 4.90 Å². The number of alkyl halides is 2. The Balaban J connectivity index is 0.00000200. The summed E-state index contributed by atoms with van der Waals surface area (Å²) in [5.41, 5.74) is 6.74. The zero-order valence-corrected chi connectivity index (χ0v) is 12.4. The highest BCUT2D eigenvalue weighted by Gasteiger charge is 2.21. The standard InChI is InChI=1S/C15H22F2N2.ClH/c16-15(17)13-5-3-4-12(10-13)11-19-9-2-1-6-14(19)7-8-18;/h3-5,10,14-15H,1-2,6-9,11,18H2;1H. The highest BCUT2D eigenvalue weighted by Crippen LogP contribution is 2.24. The molecule has 0 spiro atoms. The molecular formula is C15H23ClF2N2. The SMILES string of the molecule is Cl.NCCC1CCCCN1Cc1cccc(C(F)F)c1. The lowest BCUT2D eigenvalue weighted by Gasteiger charge is -2.35. The minimum absolute atomic E-state index is 0. The van der Waals surface area contributed by atoms with E-state index >= 15 is 0 Å². The van der Waals surface area contributed by atoms with Crippen LogP contribution in [0.4, 0.5) is 8.78 Å². The summed E-state index contributed by atoms with van der Waals surface area (Å²) < 4.78 is 25.4. The highest BCUT2D eigenvalue weighted by atomic mass is 35.5. The Morgan fingerprint density at radius 3 is 2.80 bits per heavy atom. The zero-order chi connectivity index (χ0) is 13.7. The Labute approximate surface area is 125 Å². The Kier molecular flexibility index (Phi) is 7.41. The van der Waals surface area contributed by atoms with Crippen LogP contribution in [0.15, 0.2) is 24.3 Å². The molecule has 1 saturated heterocycles. The lowest BCUT2D eigenvalue weighted by molar-refractivity contribution is 0.133. The van der Waals surface area contributed by atoms with Crippen molar-refractivity contribution in [2.24, 2.45) is 5.73 Å². The smallest absolute Gasteiger partial charge is 0.263 e. The van der Waals surface area contributed by atoms with E-state index in [0.717, 1.165) is 25.1 Å². The Bertz CT molecular complexity index is 399. The molecule has 1 fully saturated rings. The van der Waals surface area contributed by atoms with Gasteiger partial charge in [-0.15, -0.1) is 12.4 Å². The van der Waals surface area contributed by atoms with Crippen LogP contribution >= 0.6 is 12.4 Å². The van der Waals surface area contributed by atoms with Crippen molar-refractivity contribution in [2.75, 3.05) is 13.1 Å². The van der Waals surface area contributed by atoms with Crippen molar-refractivity contribution in [3.8, 4) is 0 Å². The van der Waals surface area contributed by atoms with E-state index in [-0.39, 0.29) is 18.0 Å². The third kappa shape index (κ3) is 4.69. The second kappa shape index (κ2) is 8.55. The van der Waals surface area contributed by atoms with Gasteiger partial charge in [-0.05, 0) is 44.0 Å². The first-order chi connectivity index (χ1) is 9.20. The Morgan fingerprint density at radius 1 is 1.30 bits per heavy atom. The lowest BCUT2D eigenvalue weighted by Crippen LogP contribution is -2.40. The molecule has 1 aromatic carbocycles. The average Bonchev–Trinajstić information content (AvgIpc) is 2.41. The summed E-state index contributed by atoms with van der Waals surface area (Å²) in [5, 5.41) is 0. The number of hydrogen-bond donors (Lipinski definition) is 1. The number of rotatable bonds is 5. The van der Waals surface area contributed by atoms with E-state index in [1.165, 1.54) is 25.3 Å². The molecule has 2 rings (SSSR count). The van der Waals surface area contributed by atoms with Crippen LogP contribution in [-0.2, 0) is 6.54 Å². The van der Waals surface area contributed by atoms with Crippen LogP contribution in [0, 0.1) is 0 Å². The summed E-state index contributed by atoms with van der Waals surface area (Å²) in [6, 6.07) is 7.27. The molecule has 1 atom stereocenters. The summed E-state index contributed by atoms with van der Waals surface area (Å²) in [5.74, 6) is 0. The van der Waals surface area contributed by atoms with Gasteiger partial charge in [0.15, 0.2) is 0 Å². The fourth-order valence-corrected chi connectivity index (χ4v) is 2.85. The average molecular weight is 305 g/mol. The number of nitrogens with two attached hydrogens (primary N) is 1. The van der Waals surface area contributed by atoms with Gasteiger partial charge in [-0.3, -0.25) is 4.90 Å². The van der Waals surface area contributed by atoms with E-state index in [4.69, 9.17) is 5.73 Å². The van der Waals surface area contributed by atoms with Crippen molar-refractivity contribution in [3.05, 3.63) is 35.4 Å². The fourth-order valence-electron chi connectivity index (χ4n) is 2.85. The molecule has 20 heavy (non-hydrogen) atoms. The molecular weight excluding hydrogens is 282 g/mol. The van der Waals surface area contributed by atoms with Gasteiger partial charge in [0, 0.05) is 18.2 Å². The summed E-state index contributed by atoms with van der Waals surface area (Å²) >= 11 is 0. The van der Waals surface area contributed by atoms with Crippen LogP contribution in [0.5, 0.6) is 0 Å². The van der Waals surface area contributed by atoms with Crippen LogP contribution in [0.2, 0.25) is 0 Å². The predicted molar refractivity (Wildman–Crippen MR) is 80.4 cm³/mol. The summed E-state index contributed by atoms with van der Waals surface area (Å²) in [4.78, 5) is 2.39. The molecule has 114 valence electrons. The van der Waals surface area contributed by atoms with Gasteiger partial charge >= 0.3 is 0 Å². The first kappa shape index (κ1) is 17.3. The van der Waals surface area contributed by atoms with E-state index in [9.17, 15) is 8.78 Å². The second-order valence-corrected chi connectivity index (χ2v) is 5.24. The first-order valence-corrected chi connectivity index (χ1v) is 7.02. The normalized spacial score (nSPS) is 19.9. The molecule has 0 bridgehead atoms. The molecule has 1 aliphatic heterocycles. The molecule has 5 heteroatoms. The molecule has 2 nitrogen and oxygen atoms in total. The van der Waals surface area contributed by atoms with Gasteiger partial charge in [-0.2, -0.15) is 0 Å². The van der Waals surface area contributed by atoms with Crippen molar-refractivity contribution in [3.63, 3.8) is 0 Å². The van der Waals surface area contributed by atoms with E-state index in [1.807, 2.05) is 6.07 Å². The Morgan fingerprint density at radius 2 is 2.10 bits per heavy atom. The van der Waals surface area contributed by atoms with Crippen LogP contribution in [0.25, 0.3) is 0 Å². The largest absolute Gasteiger partial charge is 0.330 e. The zero-order valence-electron chi connectivity index (χ0n) is 11.6. The molecule has 2 N–H and O–H groups in total. The van der Waals surface area contributed by atoms with Gasteiger partial charge in [-0.1, -0.05) is 24.6 Å². The molecule has 0 saturated carbocycles. The predicted octanol–water partition coefficient (Wildman–Crippen LogP) is 3.75. The quantitative estimate of drug-likeness (QED) is 0.897. The van der Waals surface area contributed by atoms with Crippen molar-refractivity contribution in [2.45, 2.75) is 44.7 Å². The number of likely N-dealkylation sites (tertiary alicyclic amines) is 1. The van der Waals surface area contributed by atoms with Crippen LogP contribution in [-0.4, -0.2) is 24.0 Å². The molecule has 0 aliphatic carbocycles. The topological polar surface area (TPSA) is 29.3 Å². The molecule has 1 unspecified atom stereocenters. The lowest BCUT2D eigenvalue weighted by atomic mass is 9.98. The van der Waals surface area contributed by atoms with E-state index in [1.54, 1.807) is 12.1 Å². The van der Waals surface area contributed by atoms with Gasteiger partial charge in [0.25, 0.3) is 6.43 Å². The van der Waals surface area contributed by atoms with Crippen molar-refractivity contribution in [1.29, 1.82) is 0 Å². The van der Waals surface area contributed by atoms with Gasteiger partial charge in [0.05, 0.1) is 0 Å². The van der Waals surface area contributed by atoms with Crippen molar-refractivity contribution >= 4 is 12.4 Å². The minimum Gasteiger partial charge on any atom is -0.330 e. The fraction of sp³-hybridized carbons (Fsp3) is 0.600. The first-order valence-electron chi connectivity index (χ1n) is 7.02. The van der Waals surface area contributed by atoms with E-state index in [0.29, 0.717) is 12.6 Å². The molecule has 0 radical (unpaired) electrons. The van der Waals surface area contributed by atoms with Gasteiger partial charge in [0.2, 0.25) is 0 Å². The number of halogens is 3. The number of hydrogen-bond acceptors (Lipinski definition) is 2. The van der Waals surface area contributed by atoms with Crippen LogP contribution in [0.1, 0.15) is 43.2 Å². The number of benzene rings is 1. The van der Waals surface area contributed by atoms with Gasteiger partial charge < -0.3 is 5.73 Å². The third-order valence-corrected chi connectivity index (χ3v) is 3.84. The molecule has 0 aromatic heterocycles. The monoisotopic (exact) mass is 304 g/mol. The molecule has 1 aromatic rings.